The summed E-state index contributed by atoms with van der Waals surface area (Å²) < 4.78 is 28.0. The minimum atomic E-state index is -2.69. The van der Waals surface area contributed by atoms with Crippen LogP contribution in [0, 0.1) is 0 Å². The maximum absolute atomic E-state index is 13.5. The number of anilines is 2. The number of rotatable bonds is 7. The van der Waals surface area contributed by atoms with Crippen LogP contribution in [0.1, 0.15) is 60.9 Å². The third-order valence-electron chi connectivity index (χ3n) is 5.18. The summed E-state index contributed by atoms with van der Waals surface area (Å²) >= 11 is 0. The van der Waals surface area contributed by atoms with Gasteiger partial charge in [0.15, 0.2) is 11.3 Å². The van der Waals surface area contributed by atoms with Crippen molar-refractivity contribution in [1.29, 1.82) is 0 Å². The van der Waals surface area contributed by atoms with Crippen molar-refractivity contribution >= 4 is 22.9 Å². The van der Waals surface area contributed by atoms with Gasteiger partial charge in [0.25, 0.3) is 12.3 Å². The largest absolute Gasteiger partial charge is 0.372 e. The number of carbonyl (C=O) groups excluding carboxylic acids is 1. The monoisotopic (exact) mass is 399 g/mol. The van der Waals surface area contributed by atoms with Gasteiger partial charge in [0.2, 0.25) is 0 Å². The van der Waals surface area contributed by atoms with E-state index >= 15 is 0 Å². The minimum absolute atomic E-state index is 0.0557. The second kappa shape index (κ2) is 7.77. The van der Waals surface area contributed by atoms with E-state index < -0.39 is 12.3 Å². The lowest BCUT2D eigenvalue weighted by Gasteiger charge is -2.21. The summed E-state index contributed by atoms with van der Waals surface area (Å²) in [5.74, 6) is -0.228. The molecule has 1 aromatic carbocycles. The van der Waals surface area contributed by atoms with Gasteiger partial charge in [-0.15, -0.1) is 0 Å². The summed E-state index contributed by atoms with van der Waals surface area (Å²) in [6.07, 6.45) is -0.783. The second-order valence-corrected chi connectivity index (χ2v) is 7.15. The van der Waals surface area contributed by atoms with E-state index in [2.05, 4.69) is 34.1 Å². The maximum Gasteiger partial charge on any atom is 0.280 e. The van der Waals surface area contributed by atoms with Crippen LogP contribution in [-0.4, -0.2) is 33.6 Å². The molecule has 1 fully saturated rings. The minimum Gasteiger partial charge on any atom is -0.372 e. The molecule has 2 heterocycles. The molecule has 1 aliphatic carbocycles. The van der Waals surface area contributed by atoms with Crippen LogP contribution in [0.15, 0.2) is 36.4 Å². The van der Waals surface area contributed by atoms with Crippen LogP contribution < -0.4 is 10.2 Å². The number of carbonyl (C=O) groups is 1. The highest BCUT2D eigenvalue weighted by molar-refractivity contribution is 6.03. The van der Waals surface area contributed by atoms with Gasteiger partial charge in [-0.05, 0) is 57.0 Å². The van der Waals surface area contributed by atoms with Gasteiger partial charge in [-0.1, -0.05) is 0 Å². The number of amides is 1. The fraction of sp³-hybridized carbons (Fsp3) is 0.381. The van der Waals surface area contributed by atoms with Gasteiger partial charge < -0.3 is 10.2 Å². The molecule has 0 unspecified atom stereocenters. The Morgan fingerprint density at radius 2 is 1.90 bits per heavy atom. The Hall–Kier alpha value is -3.03. The van der Waals surface area contributed by atoms with Gasteiger partial charge in [-0.2, -0.15) is 5.10 Å². The van der Waals surface area contributed by atoms with E-state index in [0.29, 0.717) is 11.4 Å². The standard InChI is InChI=1S/C21H23F2N5O/c1-3-27(4-2)15-9-7-14(8-10-15)24-21(29)17-12-19-25-16(13-5-6-13)11-18(20(22)23)28(19)26-17/h7-13,20H,3-6H2,1-2H3,(H,24,29). The lowest BCUT2D eigenvalue weighted by Crippen LogP contribution is -2.21. The van der Waals surface area contributed by atoms with Crippen LogP contribution in [0.2, 0.25) is 0 Å². The van der Waals surface area contributed by atoms with E-state index in [1.165, 1.54) is 12.1 Å². The van der Waals surface area contributed by atoms with Crippen molar-refractivity contribution in [3.63, 3.8) is 0 Å². The van der Waals surface area contributed by atoms with Crippen molar-refractivity contribution in [2.75, 3.05) is 23.3 Å². The Balaban J connectivity index is 1.58. The fourth-order valence-electron chi connectivity index (χ4n) is 3.41. The van der Waals surface area contributed by atoms with Crippen molar-refractivity contribution in [3.05, 3.63) is 53.5 Å². The normalized spacial score (nSPS) is 13.8. The highest BCUT2D eigenvalue weighted by Crippen LogP contribution is 2.40. The molecule has 0 aliphatic heterocycles. The fourth-order valence-corrected chi connectivity index (χ4v) is 3.41. The molecule has 0 saturated heterocycles. The average Bonchev–Trinajstić information content (AvgIpc) is 3.47. The topological polar surface area (TPSA) is 62.5 Å². The molecule has 152 valence electrons. The van der Waals surface area contributed by atoms with Crippen LogP contribution in [0.5, 0.6) is 0 Å². The summed E-state index contributed by atoms with van der Waals surface area (Å²) in [5, 5.41) is 6.85. The first-order valence-corrected chi connectivity index (χ1v) is 9.85. The number of aromatic nitrogens is 3. The Bertz CT molecular complexity index is 1020. The first kappa shape index (κ1) is 19.3. The third-order valence-corrected chi connectivity index (χ3v) is 5.18. The SMILES string of the molecule is CCN(CC)c1ccc(NC(=O)c2cc3nc(C4CC4)cc(C(F)F)n3n2)cc1. The molecular formula is C21H23F2N5O. The molecule has 0 bridgehead atoms. The number of fused-ring (bicyclic) bond motifs is 1. The quantitative estimate of drug-likeness (QED) is 0.629. The Kier molecular flexibility index (Phi) is 5.17. The smallest absolute Gasteiger partial charge is 0.280 e. The summed E-state index contributed by atoms with van der Waals surface area (Å²) in [4.78, 5) is 19.2. The van der Waals surface area contributed by atoms with Gasteiger partial charge >= 0.3 is 0 Å². The predicted molar refractivity (Wildman–Crippen MR) is 108 cm³/mol. The van der Waals surface area contributed by atoms with Crippen molar-refractivity contribution in [2.24, 2.45) is 0 Å². The number of benzene rings is 1. The van der Waals surface area contributed by atoms with E-state index in [4.69, 9.17) is 0 Å². The van der Waals surface area contributed by atoms with E-state index in [-0.39, 0.29) is 23.0 Å². The van der Waals surface area contributed by atoms with E-state index in [1.54, 1.807) is 0 Å². The predicted octanol–water partition coefficient (Wildman–Crippen LogP) is 4.64. The van der Waals surface area contributed by atoms with Crippen LogP contribution in [-0.2, 0) is 0 Å². The van der Waals surface area contributed by atoms with Crippen LogP contribution in [0.4, 0.5) is 20.2 Å². The van der Waals surface area contributed by atoms with Crippen molar-refractivity contribution in [3.8, 4) is 0 Å². The van der Waals surface area contributed by atoms with Crippen molar-refractivity contribution in [2.45, 2.75) is 39.0 Å². The number of nitrogens with one attached hydrogen (secondary N) is 1. The Morgan fingerprint density at radius 3 is 2.48 bits per heavy atom. The molecule has 0 atom stereocenters. The third kappa shape index (κ3) is 3.92. The lowest BCUT2D eigenvalue weighted by molar-refractivity contribution is 0.102. The zero-order valence-electron chi connectivity index (χ0n) is 16.4. The number of hydrogen-bond donors (Lipinski definition) is 1. The molecular weight excluding hydrogens is 376 g/mol. The Labute approximate surface area is 167 Å². The molecule has 8 heteroatoms. The molecule has 1 saturated carbocycles. The molecule has 1 N–H and O–H groups in total. The van der Waals surface area contributed by atoms with Gasteiger partial charge in [0.05, 0.1) is 0 Å². The second-order valence-electron chi connectivity index (χ2n) is 7.15. The number of nitrogens with zero attached hydrogens (tertiary/aromatic N) is 4. The summed E-state index contributed by atoms with van der Waals surface area (Å²) in [6, 6.07) is 10.4. The molecule has 3 aromatic rings. The van der Waals surface area contributed by atoms with Gasteiger partial charge in [-0.25, -0.2) is 18.3 Å². The number of alkyl halides is 2. The lowest BCUT2D eigenvalue weighted by atomic mass is 10.2. The van der Waals surface area contributed by atoms with Crippen LogP contribution in [0.3, 0.4) is 0 Å². The highest BCUT2D eigenvalue weighted by Gasteiger charge is 2.28. The summed E-state index contributed by atoms with van der Waals surface area (Å²) in [5.41, 5.74) is 2.42. The summed E-state index contributed by atoms with van der Waals surface area (Å²) in [7, 11) is 0. The number of hydrogen-bond acceptors (Lipinski definition) is 4. The molecule has 0 radical (unpaired) electrons. The van der Waals surface area contributed by atoms with Crippen molar-refractivity contribution < 1.29 is 13.6 Å². The maximum atomic E-state index is 13.5. The first-order valence-electron chi connectivity index (χ1n) is 9.85. The van der Waals surface area contributed by atoms with Gasteiger partial charge in [0, 0.05) is 42.1 Å². The highest BCUT2D eigenvalue weighted by atomic mass is 19.3. The molecule has 1 aliphatic rings. The van der Waals surface area contributed by atoms with Crippen LogP contribution in [0.25, 0.3) is 5.65 Å². The van der Waals surface area contributed by atoms with Crippen molar-refractivity contribution in [1.82, 2.24) is 14.6 Å². The molecule has 1 amide bonds. The zero-order chi connectivity index (χ0) is 20.5. The average molecular weight is 399 g/mol. The summed E-state index contributed by atoms with van der Waals surface area (Å²) in [6.45, 7) is 5.95. The van der Waals surface area contributed by atoms with E-state index in [0.717, 1.165) is 36.1 Å². The van der Waals surface area contributed by atoms with Gasteiger partial charge in [0.1, 0.15) is 5.69 Å². The first-order chi connectivity index (χ1) is 14.0. The Morgan fingerprint density at radius 1 is 1.21 bits per heavy atom. The number of halogens is 2. The molecule has 29 heavy (non-hydrogen) atoms. The van der Waals surface area contributed by atoms with E-state index in [9.17, 15) is 13.6 Å². The molecule has 2 aromatic heterocycles. The zero-order valence-corrected chi connectivity index (χ0v) is 16.4. The van der Waals surface area contributed by atoms with Gasteiger partial charge in [-0.3, -0.25) is 4.79 Å². The molecule has 6 nitrogen and oxygen atoms in total. The molecule has 4 rings (SSSR count). The van der Waals surface area contributed by atoms with E-state index in [1.807, 2.05) is 24.3 Å². The molecule has 0 spiro atoms. The van der Waals surface area contributed by atoms with Crippen LogP contribution >= 0.6 is 0 Å².